The molecule has 1 saturated carbocycles. The van der Waals surface area contributed by atoms with Gasteiger partial charge in [-0.3, -0.25) is 4.79 Å². The number of furan rings is 1. The summed E-state index contributed by atoms with van der Waals surface area (Å²) in [5.41, 5.74) is 2.60. The highest BCUT2D eigenvalue weighted by molar-refractivity contribution is 5.91. The van der Waals surface area contributed by atoms with Gasteiger partial charge >= 0.3 is 0 Å². The van der Waals surface area contributed by atoms with Gasteiger partial charge < -0.3 is 15.1 Å². The van der Waals surface area contributed by atoms with Gasteiger partial charge in [0.2, 0.25) is 0 Å². The van der Waals surface area contributed by atoms with Crippen molar-refractivity contribution in [2.75, 3.05) is 5.32 Å². The Morgan fingerprint density at radius 2 is 2.10 bits per heavy atom. The molecular weight excluding hydrogens is 399 g/mol. The van der Waals surface area contributed by atoms with E-state index in [9.17, 15) is 9.18 Å². The van der Waals surface area contributed by atoms with Crippen molar-refractivity contribution in [3.8, 4) is 0 Å². The average Bonchev–Trinajstić information content (AvgIpc) is 3.46. The minimum Gasteiger partial charge on any atom is -0.459 e. The fourth-order valence-electron chi connectivity index (χ4n) is 4.17. The minimum absolute atomic E-state index is 0.0129. The first kappa shape index (κ1) is 19.3. The number of allylic oxidation sites excluding steroid dienone is 1. The highest BCUT2D eigenvalue weighted by Gasteiger charge is 2.26. The van der Waals surface area contributed by atoms with Gasteiger partial charge in [0.25, 0.3) is 5.91 Å². The highest BCUT2D eigenvalue weighted by atomic mass is 19.1. The monoisotopic (exact) mass is 420 g/mol. The van der Waals surface area contributed by atoms with Gasteiger partial charge in [-0.05, 0) is 37.8 Å². The molecule has 1 amide bonds. The van der Waals surface area contributed by atoms with Gasteiger partial charge in [-0.25, -0.2) is 24.3 Å². The van der Waals surface area contributed by atoms with Gasteiger partial charge in [-0.2, -0.15) is 0 Å². The first-order valence-electron chi connectivity index (χ1n) is 10.3. The molecule has 1 fully saturated rings. The lowest BCUT2D eigenvalue weighted by Crippen LogP contribution is -2.41. The summed E-state index contributed by atoms with van der Waals surface area (Å²) in [4.78, 5) is 29.2. The van der Waals surface area contributed by atoms with Crippen LogP contribution in [0.15, 0.2) is 47.6 Å². The van der Waals surface area contributed by atoms with E-state index in [-0.39, 0.29) is 29.6 Å². The maximum Gasteiger partial charge on any atom is 0.287 e. The molecular formula is C22H21FN6O2. The van der Waals surface area contributed by atoms with Crippen molar-refractivity contribution < 1.29 is 13.6 Å². The predicted octanol–water partition coefficient (Wildman–Crippen LogP) is 3.14. The number of aromatic nitrogens is 4. The summed E-state index contributed by atoms with van der Waals surface area (Å²) in [7, 11) is 0. The van der Waals surface area contributed by atoms with Crippen molar-refractivity contribution in [2.24, 2.45) is 0 Å². The number of carbonyl (C=O) groups excluding carboxylic acids is 1. The molecule has 8 nitrogen and oxygen atoms in total. The SMILES string of the molecule is O=C(N[C@H]1CCC[C@@H](Nc2nc(C3=CCc4ncncc43)ncc2F)C1)c1ccco1. The molecule has 0 aliphatic heterocycles. The Hall–Kier alpha value is -3.62. The zero-order chi connectivity index (χ0) is 21.2. The van der Waals surface area contributed by atoms with Crippen LogP contribution < -0.4 is 10.6 Å². The molecule has 158 valence electrons. The summed E-state index contributed by atoms with van der Waals surface area (Å²) in [5, 5.41) is 6.21. The smallest absolute Gasteiger partial charge is 0.287 e. The highest BCUT2D eigenvalue weighted by Crippen LogP contribution is 2.30. The zero-order valence-electron chi connectivity index (χ0n) is 16.7. The third-order valence-corrected chi connectivity index (χ3v) is 5.66. The molecule has 0 saturated heterocycles. The topological polar surface area (TPSA) is 106 Å². The molecule has 0 spiro atoms. The van der Waals surface area contributed by atoms with Gasteiger partial charge in [0.15, 0.2) is 23.2 Å². The summed E-state index contributed by atoms with van der Waals surface area (Å²) < 4.78 is 19.6. The van der Waals surface area contributed by atoms with Gasteiger partial charge in [0.05, 0.1) is 18.2 Å². The van der Waals surface area contributed by atoms with Gasteiger partial charge in [-0.1, -0.05) is 6.08 Å². The van der Waals surface area contributed by atoms with Crippen LogP contribution in [-0.2, 0) is 6.42 Å². The first-order valence-corrected chi connectivity index (χ1v) is 10.3. The quantitative estimate of drug-likeness (QED) is 0.653. The lowest BCUT2D eigenvalue weighted by molar-refractivity contribution is 0.0898. The van der Waals surface area contributed by atoms with E-state index in [1.54, 1.807) is 18.3 Å². The van der Waals surface area contributed by atoms with E-state index in [1.807, 2.05) is 6.08 Å². The van der Waals surface area contributed by atoms with Crippen LogP contribution in [0.3, 0.4) is 0 Å². The summed E-state index contributed by atoms with van der Waals surface area (Å²) in [6.45, 7) is 0. The second-order valence-electron chi connectivity index (χ2n) is 7.75. The Morgan fingerprint density at radius 3 is 2.97 bits per heavy atom. The molecule has 0 aromatic carbocycles. The average molecular weight is 420 g/mol. The van der Waals surface area contributed by atoms with E-state index in [2.05, 4.69) is 30.6 Å². The van der Waals surface area contributed by atoms with E-state index in [0.717, 1.165) is 36.1 Å². The molecule has 3 heterocycles. The van der Waals surface area contributed by atoms with E-state index in [4.69, 9.17) is 4.42 Å². The Labute approximate surface area is 178 Å². The molecule has 2 aliphatic carbocycles. The molecule has 0 unspecified atom stereocenters. The van der Waals surface area contributed by atoms with Crippen molar-refractivity contribution >= 4 is 17.3 Å². The maximum atomic E-state index is 14.5. The number of anilines is 1. The lowest BCUT2D eigenvalue weighted by atomic mass is 9.91. The molecule has 0 radical (unpaired) electrons. The van der Waals surface area contributed by atoms with Crippen LogP contribution in [0, 0.1) is 5.82 Å². The minimum atomic E-state index is -0.506. The Bertz CT molecular complexity index is 1130. The molecule has 5 rings (SSSR count). The van der Waals surface area contributed by atoms with Crippen LogP contribution in [0.5, 0.6) is 0 Å². The van der Waals surface area contributed by atoms with E-state index in [1.165, 1.54) is 18.8 Å². The van der Waals surface area contributed by atoms with Gasteiger partial charge in [0.1, 0.15) is 6.33 Å². The van der Waals surface area contributed by atoms with E-state index >= 15 is 0 Å². The van der Waals surface area contributed by atoms with E-state index in [0.29, 0.717) is 18.7 Å². The van der Waals surface area contributed by atoms with E-state index < -0.39 is 5.82 Å². The fraction of sp³-hybridized carbons (Fsp3) is 0.318. The molecule has 3 aromatic rings. The largest absolute Gasteiger partial charge is 0.459 e. The number of rotatable bonds is 5. The Balaban J connectivity index is 1.29. The maximum absolute atomic E-state index is 14.5. The third kappa shape index (κ3) is 4.03. The molecule has 3 aromatic heterocycles. The normalized spacial score (nSPS) is 20.1. The number of hydrogen-bond acceptors (Lipinski definition) is 7. The third-order valence-electron chi connectivity index (χ3n) is 5.66. The van der Waals surface area contributed by atoms with Crippen LogP contribution in [0.25, 0.3) is 5.57 Å². The van der Waals surface area contributed by atoms with Crippen molar-refractivity contribution in [1.82, 2.24) is 25.3 Å². The van der Waals surface area contributed by atoms with Crippen molar-refractivity contribution in [3.05, 3.63) is 71.9 Å². The van der Waals surface area contributed by atoms with Crippen LogP contribution in [0.4, 0.5) is 10.2 Å². The lowest BCUT2D eigenvalue weighted by Gasteiger charge is -2.30. The van der Waals surface area contributed by atoms with Crippen molar-refractivity contribution in [3.63, 3.8) is 0 Å². The number of fused-ring (bicyclic) bond motifs is 1. The fourth-order valence-corrected chi connectivity index (χ4v) is 4.17. The van der Waals surface area contributed by atoms with Crippen LogP contribution >= 0.6 is 0 Å². The predicted molar refractivity (Wildman–Crippen MR) is 111 cm³/mol. The molecule has 2 atom stereocenters. The summed E-state index contributed by atoms with van der Waals surface area (Å²) in [6, 6.07) is 3.28. The summed E-state index contributed by atoms with van der Waals surface area (Å²) >= 11 is 0. The number of hydrogen-bond donors (Lipinski definition) is 2. The summed E-state index contributed by atoms with van der Waals surface area (Å²) in [6.07, 6.45) is 11.9. The van der Waals surface area contributed by atoms with Crippen LogP contribution in [0.1, 0.15) is 53.3 Å². The number of nitrogens with one attached hydrogen (secondary N) is 2. The molecule has 0 bridgehead atoms. The van der Waals surface area contributed by atoms with Crippen LogP contribution in [-0.4, -0.2) is 37.9 Å². The second-order valence-corrected chi connectivity index (χ2v) is 7.75. The number of nitrogens with zero attached hydrogens (tertiary/aromatic N) is 4. The Morgan fingerprint density at radius 1 is 1.19 bits per heavy atom. The first-order chi connectivity index (χ1) is 15.2. The van der Waals surface area contributed by atoms with Crippen LogP contribution in [0.2, 0.25) is 0 Å². The van der Waals surface area contributed by atoms with Crippen molar-refractivity contribution in [1.29, 1.82) is 0 Å². The number of halogens is 1. The molecule has 2 N–H and O–H groups in total. The standard InChI is InChI=1S/C22H21FN6O2/c23-17-11-25-20(15-6-7-18-16(15)10-24-12-26-18)29-21(17)27-13-3-1-4-14(9-13)28-22(30)19-5-2-8-31-19/h2,5-6,8,10-14H,1,3-4,7,9H2,(H,28,30)(H,25,27,29)/t13-,14+/m1/s1. The molecule has 31 heavy (non-hydrogen) atoms. The van der Waals surface area contributed by atoms with Gasteiger partial charge in [0, 0.05) is 35.8 Å². The Kier molecular flexibility index (Phi) is 5.15. The number of amides is 1. The van der Waals surface area contributed by atoms with Crippen molar-refractivity contribution in [2.45, 2.75) is 44.2 Å². The van der Waals surface area contributed by atoms with Gasteiger partial charge in [-0.15, -0.1) is 0 Å². The number of carbonyl (C=O) groups is 1. The summed E-state index contributed by atoms with van der Waals surface area (Å²) in [5.74, 6) is 0.152. The zero-order valence-corrected chi connectivity index (χ0v) is 16.7. The molecule has 9 heteroatoms. The second kappa shape index (κ2) is 8.25. The molecule has 2 aliphatic rings.